The van der Waals surface area contributed by atoms with E-state index in [0.29, 0.717) is 22.8 Å². The van der Waals surface area contributed by atoms with E-state index in [9.17, 15) is 0 Å². The minimum Gasteiger partial charge on any atom is -0.364 e. The first-order valence-corrected chi connectivity index (χ1v) is 9.41. The molecule has 0 aromatic carbocycles. The van der Waals surface area contributed by atoms with Crippen molar-refractivity contribution >= 4 is 22.9 Å². The molecule has 25 heavy (non-hydrogen) atoms. The fourth-order valence-electron chi connectivity index (χ4n) is 4.82. The molecule has 1 aliphatic carbocycles. The van der Waals surface area contributed by atoms with Crippen LogP contribution in [-0.4, -0.2) is 64.4 Å². The third-order valence-electron chi connectivity index (χ3n) is 6.16. The van der Waals surface area contributed by atoms with Crippen LogP contribution < -0.4 is 10.2 Å². The van der Waals surface area contributed by atoms with Crippen LogP contribution >= 0.6 is 0 Å². The van der Waals surface area contributed by atoms with Crippen LogP contribution in [0.3, 0.4) is 0 Å². The summed E-state index contributed by atoms with van der Waals surface area (Å²) in [6, 6.07) is 0.486. The van der Waals surface area contributed by atoms with Crippen molar-refractivity contribution < 1.29 is 4.63 Å². The number of nitrogens with one attached hydrogen (secondary N) is 1. The van der Waals surface area contributed by atoms with E-state index in [1.54, 1.807) is 0 Å². The second kappa shape index (κ2) is 5.79. The zero-order chi connectivity index (χ0) is 16.9. The smallest absolute Gasteiger partial charge is 0.245 e. The molecule has 1 spiro atoms. The Bertz CT molecular complexity index is 771. The van der Waals surface area contributed by atoms with E-state index in [1.807, 2.05) is 0 Å². The van der Waals surface area contributed by atoms with E-state index in [4.69, 9.17) is 9.61 Å². The van der Waals surface area contributed by atoms with Crippen LogP contribution in [0.1, 0.15) is 38.5 Å². The van der Waals surface area contributed by atoms with Gasteiger partial charge in [0.1, 0.15) is 0 Å². The summed E-state index contributed by atoms with van der Waals surface area (Å²) < 4.78 is 4.84. The van der Waals surface area contributed by atoms with Crippen molar-refractivity contribution in [2.45, 2.75) is 44.6 Å². The van der Waals surface area contributed by atoms with Crippen LogP contribution in [0.4, 0.5) is 11.6 Å². The molecule has 3 aliphatic rings. The van der Waals surface area contributed by atoms with Crippen molar-refractivity contribution in [3.63, 3.8) is 0 Å². The molecular weight excluding hydrogens is 318 g/mol. The van der Waals surface area contributed by atoms with Gasteiger partial charge in [0.25, 0.3) is 0 Å². The van der Waals surface area contributed by atoms with Gasteiger partial charge in [-0.15, -0.1) is 0 Å². The van der Waals surface area contributed by atoms with Crippen molar-refractivity contribution in [2.24, 2.45) is 5.41 Å². The predicted molar refractivity (Wildman–Crippen MR) is 94.6 cm³/mol. The molecule has 2 aromatic heterocycles. The number of rotatable bonds is 3. The Morgan fingerprint density at radius 1 is 1.04 bits per heavy atom. The monoisotopic (exact) mass is 343 g/mol. The molecule has 0 amide bonds. The Kier molecular flexibility index (Phi) is 3.55. The lowest BCUT2D eigenvalue weighted by molar-refractivity contribution is 0.312. The zero-order valence-electron chi connectivity index (χ0n) is 14.7. The molecule has 5 rings (SSSR count). The van der Waals surface area contributed by atoms with Gasteiger partial charge in [-0.05, 0) is 49.6 Å². The van der Waals surface area contributed by atoms with Gasteiger partial charge in [0, 0.05) is 31.1 Å². The van der Waals surface area contributed by atoms with E-state index >= 15 is 0 Å². The van der Waals surface area contributed by atoms with Gasteiger partial charge in [0.15, 0.2) is 11.6 Å². The van der Waals surface area contributed by atoms with Gasteiger partial charge in [0.05, 0.1) is 0 Å². The summed E-state index contributed by atoms with van der Waals surface area (Å²) in [6.45, 7) is 4.44. The highest BCUT2D eigenvalue weighted by atomic mass is 16.6. The van der Waals surface area contributed by atoms with Crippen LogP contribution in [0.2, 0.25) is 0 Å². The Morgan fingerprint density at radius 2 is 1.80 bits per heavy atom. The molecule has 2 aromatic rings. The summed E-state index contributed by atoms with van der Waals surface area (Å²) >= 11 is 0. The largest absolute Gasteiger partial charge is 0.364 e. The first-order valence-electron chi connectivity index (χ1n) is 9.41. The number of aromatic nitrogens is 4. The third kappa shape index (κ3) is 2.72. The highest BCUT2D eigenvalue weighted by Crippen LogP contribution is 2.41. The van der Waals surface area contributed by atoms with Gasteiger partial charge >= 0.3 is 0 Å². The summed E-state index contributed by atoms with van der Waals surface area (Å²) in [5, 5.41) is 11.4. The molecule has 8 heteroatoms. The van der Waals surface area contributed by atoms with Crippen LogP contribution in [-0.2, 0) is 0 Å². The number of fused-ring (bicyclic) bond motifs is 1. The summed E-state index contributed by atoms with van der Waals surface area (Å²) in [5.74, 6) is 1.76. The lowest BCUT2D eigenvalue weighted by Gasteiger charge is -2.25. The molecule has 4 heterocycles. The molecule has 2 aliphatic heterocycles. The molecule has 8 nitrogen and oxygen atoms in total. The van der Waals surface area contributed by atoms with Crippen LogP contribution in [0.5, 0.6) is 0 Å². The Morgan fingerprint density at radius 3 is 2.56 bits per heavy atom. The van der Waals surface area contributed by atoms with Gasteiger partial charge in [0.2, 0.25) is 11.3 Å². The van der Waals surface area contributed by atoms with Gasteiger partial charge in [-0.3, -0.25) is 0 Å². The van der Waals surface area contributed by atoms with Gasteiger partial charge in [-0.25, -0.2) is 14.6 Å². The molecule has 1 saturated carbocycles. The van der Waals surface area contributed by atoms with Crippen LogP contribution in [0.25, 0.3) is 11.3 Å². The summed E-state index contributed by atoms with van der Waals surface area (Å²) in [6.07, 6.45) is 7.46. The highest BCUT2D eigenvalue weighted by Gasteiger charge is 2.43. The molecule has 1 atom stereocenters. The maximum atomic E-state index is 4.84. The lowest BCUT2D eigenvalue weighted by atomic mass is 9.86. The normalized spacial score (nSPS) is 28.0. The second-order valence-corrected chi connectivity index (χ2v) is 8.09. The maximum Gasteiger partial charge on any atom is 0.245 e. The van der Waals surface area contributed by atoms with Gasteiger partial charge in [-0.1, -0.05) is 12.8 Å². The molecule has 0 bridgehead atoms. The van der Waals surface area contributed by atoms with Gasteiger partial charge < -0.3 is 15.1 Å². The average Bonchev–Trinajstić information content (AvgIpc) is 3.37. The van der Waals surface area contributed by atoms with E-state index in [-0.39, 0.29) is 0 Å². The van der Waals surface area contributed by atoms with Crippen LogP contribution in [0.15, 0.2) is 4.63 Å². The van der Waals surface area contributed by atoms with Crippen molar-refractivity contribution in [3.8, 4) is 0 Å². The quantitative estimate of drug-likeness (QED) is 0.905. The van der Waals surface area contributed by atoms with Crippen molar-refractivity contribution in [1.82, 2.24) is 25.2 Å². The molecule has 3 fully saturated rings. The average molecular weight is 343 g/mol. The minimum absolute atomic E-state index is 0.401. The SMILES string of the molecule is CN1CCC2(CCN(c3nc4nonc4nc3NC3CCCC3)C2)C1. The first-order chi connectivity index (χ1) is 12.2. The Balaban J connectivity index is 1.46. The van der Waals surface area contributed by atoms with Crippen molar-refractivity contribution in [2.75, 3.05) is 43.4 Å². The minimum atomic E-state index is 0.401. The van der Waals surface area contributed by atoms with Crippen LogP contribution in [0, 0.1) is 5.41 Å². The zero-order valence-corrected chi connectivity index (χ0v) is 14.7. The fourth-order valence-corrected chi connectivity index (χ4v) is 4.82. The Labute approximate surface area is 146 Å². The van der Waals surface area contributed by atoms with E-state index < -0.39 is 0 Å². The van der Waals surface area contributed by atoms with Crippen molar-refractivity contribution in [1.29, 1.82) is 0 Å². The predicted octanol–water partition coefficient (Wildman–Crippen LogP) is 1.90. The number of likely N-dealkylation sites (tertiary alicyclic amines) is 1. The highest BCUT2D eigenvalue weighted by molar-refractivity contribution is 5.74. The summed E-state index contributed by atoms with van der Waals surface area (Å²) in [5.41, 5.74) is 1.38. The number of hydrogen-bond donors (Lipinski definition) is 1. The summed E-state index contributed by atoms with van der Waals surface area (Å²) in [4.78, 5) is 14.3. The molecule has 1 N–H and O–H groups in total. The third-order valence-corrected chi connectivity index (χ3v) is 6.16. The number of hydrogen-bond acceptors (Lipinski definition) is 8. The number of anilines is 2. The van der Waals surface area contributed by atoms with E-state index in [0.717, 1.165) is 24.7 Å². The topological polar surface area (TPSA) is 83.2 Å². The fraction of sp³-hybridized carbons (Fsp3) is 0.765. The lowest BCUT2D eigenvalue weighted by Crippen LogP contribution is -2.31. The molecule has 1 unspecified atom stereocenters. The Hall–Kier alpha value is -1.96. The molecule has 134 valence electrons. The summed E-state index contributed by atoms with van der Waals surface area (Å²) in [7, 11) is 2.22. The molecule has 2 saturated heterocycles. The number of nitrogens with zero attached hydrogens (tertiary/aromatic N) is 6. The first kappa shape index (κ1) is 15.3. The van der Waals surface area contributed by atoms with Gasteiger partial charge in [-0.2, -0.15) is 0 Å². The van der Waals surface area contributed by atoms with E-state index in [1.165, 1.54) is 51.6 Å². The molecule has 0 radical (unpaired) electrons. The van der Waals surface area contributed by atoms with E-state index in [2.05, 4.69) is 37.5 Å². The molecular formula is C17H25N7O. The standard InChI is InChI=1S/C17H25N7O/c1-23-8-6-17(10-23)7-9-24(11-17)16-15(18-12-4-2-3-5-12)19-13-14(20-16)22-25-21-13/h12H,2-11H2,1H3,(H,18,19,21). The maximum absolute atomic E-state index is 4.84. The van der Waals surface area contributed by atoms with Crippen molar-refractivity contribution in [3.05, 3.63) is 0 Å². The second-order valence-electron chi connectivity index (χ2n) is 8.09.